The summed E-state index contributed by atoms with van der Waals surface area (Å²) in [6.45, 7) is 4.47. The lowest BCUT2D eigenvalue weighted by Crippen LogP contribution is -2.11. The normalized spacial score (nSPS) is 15.6. The van der Waals surface area contributed by atoms with Crippen molar-refractivity contribution in [3.05, 3.63) is 64.1 Å². The van der Waals surface area contributed by atoms with Crippen molar-refractivity contribution in [1.82, 2.24) is 4.57 Å². The fraction of sp³-hybridized carbons (Fsp3) is 0.417. The SMILES string of the molecule is CCCc1cc(Cl)cc2c1c(C)c(C1CCCCC1)n2-c1ccc(F)cc1. The van der Waals surface area contributed by atoms with E-state index in [1.807, 2.05) is 12.1 Å². The first-order chi connectivity index (χ1) is 13.1. The molecule has 0 radical (unpaired) electrons. The van der Waals surface area contributed by atoms with E-state index in [1.54, 1.807) is 12.1 Å². The van der Waals surface area contributed by atoms with Gasteiger partial charge in [-0.05, 0) is 79.6 Å². The zero-order valence-corrected chi connectivity index (χ0v) is 17.0. The van der Waals surface area contributed by atoms with Crippen molar-refractivity contribution >= 4 is 22.5 Å². The Hall–Kier alpha value is -1.80. The van der Waals surface area contributed by atoms with E-state index in [-0.39, 0.29) is 5.82 Å². The van der Waals surface area contributed by atoms with Crippen LogP contribution in [0.5, 0.6) is 0 Å². The first-order valence-corrected chi connectivity index (χ1v) is 10.6. The van der Waals surface area contributed by atoms with Gasteiger partial charge >= 0.3 is 0 Å². The van der Waals surface area contributed by atoms with Gasteiger partial charge in [0.15, 0.2) is 0 Å². The molecule has 0 amide bonds. The summed E-state index contributed by atoms with van der Waals surface area (Å²) in [6.07, 6.45) is 8.49. The van der Waals surface area contributed by atoms with Gasteiger partial charge in [-0.25, -0.2) is 4.39 Å². The van der Waals surface area contributed by atoms with E-state index in [1.165, 1.54) is 54.3 Å². The number of hydrogen-bond acceptors (Lipinski definition) is 0. The minimum absolute atomic E-state index is 0.198. The minimum Gasteiger partial charge on any atom is -0.313 e. The lowest BCUT2D eigenvalue weighted by Gasteiger charge is -2.25. The highest BCUT2D eigenvalue weighted by atomic mass is 35.5. The molecule has 1 aliphatic carbocycles. The van der Waals surface area contributed by atoms with Crippen molar-refractivity contribution in [2.45, 2.75) is 64.7 Å². The van der Waals surface area contributed by atoms with Gasteiger partial charge in [-0.15, -0.1) is 0 Å². The molecule has 0 atom stereocenters. The summed E-state index contributed by atoms with van der Waals surface area (Å²) in [5.74, 6) is 0.361. The second-order valence-electron chi connectivity index (χ2n) is 7.87. The van der Waals surface area contributed by atoms with Gasteiger partial charge in [0.25, 0.3) is 0 Å². The van der Waals surface area contributed by atoms with E-state index in [0.29, 0.717) is 5.92 Å². The first kappa shape index (κ1) is 18.6. The maximum Gasteiger partial charge on any atom is 0.123 e. The Balaban J connectivity index is 2.03. The second-order valence-corrected chi connectivity index (χ2v) is 8.30. The smallest absolute Gasteiger partial charge is 0.123 e. The summed E-state index contributed by atoms with van der Waals surface area (Å²) < 4.78 is 15.9. The van der Waals surface area contributed by atoms with E-state index in [4.69, 9.17) is 11.6 Å². The zero-order valence-electron chi connectivity index (χ0n) is 16.2. The minimum atomic E-state index is -0.198. The molecule has 27 heavy (non-hydrogen) atoms. The van der Waals surface area contributed by atoms with Crippen LogP contribution in [-0.2, 0) is 6.42 Å². The Bertz CT molecular complexity index is 949. The Labute approximate surface area is 166 Å². The standard InChI is InChI=1S/C24H27ClFN/c1-3-7-18-14-19(25)15-22-23(18)16(2)24(17-8-5-4-6-9-17)27(22)21-12-10-20(26)11-13-21/h10-15,17H,3-9H2,1-2H3. The predicted molar refractivity (Wildman–Crippen MR) is 113 cm³/mol. The van der Waals surface area contributed by atoms with E-state index in [2.05, 4.69) is 30.5 Å². The molecule has 0 bridgehead atoms. The lowest BCUT2D eigenvalue weighted by molar-refractivity contribution is 0.432. The molecule has 1 heterocycles. The molecule has 3 aromatic rings. The van der Waals surface area contributed by atoms with Crippen LogP contribution in [0.25, 0.3) is 16.6 Å². The topological polar surface area (TPSA) is 4.93 Å². The van der Waals surface area contributed by atoms with Crippen molar-refractivity contribution in [2.75, 3.05) is 0 Å². The number of benzene rings is 2. The van der Waals surface area contributed by atoms with Crippen LogP contribution in [-0.4, -0.2) is 4.57 Å². The van der Waals surface area contributed by atoms with Crippen molar-refractivity contribution in [1.29, 1.82) is 0 Å². The molecule has 0 aliphatic heterocycles. The van der Waals surface area contributed by atoms with Crippen LogP contribution < -0.4 is 0 Å². The average molecular weight is 384 g/mol. The van der Waals surface area contributed by atoms with Crippen LogP contribution >= 0.6 is 11.6 Å². The predicted octanol–water partition coefficient (Wildman–Crippen LogP) is 7.73. The fourth-order valence-electron chi connectivity index (χ4n) is 4.88. The molecule has 1 nitrogen and oxygen atoms in total. The molecule has 142 valence electrons. The average Bonchev–Trinajstić information content (AvgIpc) is 2.96. The summed E-state index contributed by atoms with van der Waals surface area (Å²) in [5.41, 5.74) is 6.29. The number of fused-ring (bicyclic) bond motifs is 1. The summed E-state index contributed by atoms with van der Waals surface area (Å²) in [7, 11) is 0. The van der Waals surface area contributed by atoms with Crippen molar-refractivity contribution < 1.29 is 4.39 Å². The second kappa shape index (κ2) is 7.67. The van der Waals surface area contributed by atoms with Crippen LogP contribution in [0.2, 0.25) is 5.02 Å². The van der Waals surface area contributed by atoms with Crippen molar-refractivity contribution in [3.8, 4) is 5.69 Å². The quantitative estimate of drug-likeness (QED) is 0.434. The van der Waals surface area contributed by atoms with Gasteiger partial charge in [0.1, 0.15) is 5.82 Å². The van der Waals surface area contributed by atoms with E-state index < -0.39 is 0 Å². The van der Waals surface area contributed by atoms with Crippen molar-refractivity contribution in [3.63, 3.8) is 0 Å². The monoisotopic (exact) mass is 383 g/mol. The molecular formula is C24H27ClFN. The summed E-state index contributed by atoms with van der Waals surface area (Å²) in [5, 5.41) is 2.12. The highest BCUT2D eigenvalue weighted by molar-refractivity contribution is 6.31. The summed E-state index contributed by atoms with van der Waals surface area (Å²) in [4.78, 5) is 0. The molecule has 1 saturated carbocycles. The molecular weight excluding hydrogens is 357 g/mol. The van der Waals surface area contributed by atoms with Crippen LogP contribution in [0.4, 0.5) is 4.39 Å². The highest BCUT2D eigenvalue weighted by Crippen LogP contribution is 2.42. The third-order valence-electron chi connectivity index (χ3n) is 6.00. The van der Waals surface area contributed by atoms with Crippen LogP contribution in [0, 0.1) is 12.7 Å². The number of aromatic nitrogens is 1. The molecule has 2 aromatic carbocycles. The van der Waals surface area contributed by atoms with Crippen molar-refractivity contribution in [2.24, 2.45) is 0 Å². The number of hydrogen-bond donors (Lipinski definition) is 0. The highest BCUT2D eigenvalue weighted by Gasteiger charge is 2.26. The van der Waals surface area contributed by atoms with E-state index in [0.717, 1.165) is 29.1 Å². The molecule has 0 unspecified atom stereocenters. The first-order valence-electron chi connectivity index (χ1n) is 10.2. The summed E-state index contributed by atoms with van der Waals surface area (Å²) in [6, 6.07) is 11.1. The Morgan fingerprint density at radius 1 is 1.07 bits per heavy atom. The Kier molecular flexibility index (Phi) is 5.27. The maximum absolute atomic E-state index is 13.6. The Morgan fingerprint density at radius 2 is 1.78 bits per heavy atom. The van der Waals surface area contributed by atoms with Gasteiger partial charge in [0.05, 0.1) is 5.52 Å². The van der Waals surface area contributed by atoms with E-state index in [9.17, 15) is 4.39 Å². The van der Waals surface area contributed by atoms with Gasteiger partial charge in [0, 0.05) is 21.8 Å². The molecule has 1 fully saturated rings. The molecule has 3 heteroatoms. The van der Waals surface area contributed by atoms with Gasteiger partial charge < -0.3 is 4.57 Å². The van der Waals surface area contributed by atoms with Gasteiger partial charge in [-0.2, -0.15) is 0 Å². The zero-order chi connectivity index (χ0) is 19.0. The third-order valence-corrected chi connectivity index (χ3v) is 6.22. The van der Waals surface area contributed by atoms with Crippen LogP contribution in [0.3, 0.4) is 0 Å². The number of halogens is 2. The number of rotatable bonds is 4. The molecule has 0 saturated heterocycles. The molecule has 1 aromatic heterocycles. The van der Waals surface area contributed by atoms with E-state index >= 15 is 0 Å². The Morgan fingerprint density at radius 3 is 2.44 bits per heavy atom. The fourth-order valence-corrected chi connectivity index (χ4v) is 5.12. The molecule has 1 aliphatic rings. The van der Waals surface area contributed by atoms with Gasteiger partial charge in [-0.3, -0.25) is 0 Å². The van der Waals surface area contributed by atoms with Gasteiger partial charge in [0.2, 0.25) is 0 Å². The third kappa shape index (κ3) is 3.40. The molecule has 0 N–H and O–H groups in total. The number of aryl methyl sites for hydroxylation is 2. The summed E-state index contributed by atoms with van der Waals surface area (Å²) >= 11 is 6.52. The maximum atomic E-state index is 13.6. The largest absolute Gasteiger partial charge is 0.313 e. The lowest BCUT2D eigenvalue weighted by atomic mass is 9.85. The van der Waals surface area contributed by atoms with Crippen LogP contribution in [0.15, 0.2) is 36.4 Å². The van der Waals surface area contributed by atoms with Crippen LogP contribution in [0.1, 0.15) is 68.2 Å². The molecule has 0 spiro atoms. The molecule has 4 rings (SSSR count). The number of nitrogens with zero attached hydrogens (tertiary/aromatic N) is 1. The van der Waals surface area contributed by atoms with Gasteiger partial charge in [-0.1, -0.05) is 44.2 Å².